The van der Waals surface area contributed by atoms with Crippen LogP contribution in [-0.2, 0) is 0 Å². The lowest BCUT2D eigenvalue weighted by atomic mass is 9.96. The van der Waals surface area contributed by atoms with Gasteiger partial charge in [-0.3, -0.25) is 5.84 Å². The van der Waals surface area contributed by atoms with E-state index in [4.69, 9.17) is 10.6 Å². The zero-order valence-electron chi connectivity index (χ0n) is 12.2. The van der Waals surface area contributed by atoms with Gasteiger partial charge in [-0.1, -0.05) is 24.3 Å². The van der Waals surface area contributed by atoms with E-state index in [1.807, 2.05) is 13.0 Å². The summed E-state index contributed by atoms with van der Waals surface area (Å²) in [4.78, 5) is 0. The number of methoxy groups -OCH3 is 1. The predicted molar refractivity (Wildman–Crippen MR) is 78.0 cm³/mol. The van der Waals surface area contributed by atoms with Crippen molar-refractivity contribution in [3.8, 4) is 5.75 Å². The number of nitrogens with two attached hydrogens (primary N) is 1. The molecule has 0 saturated carbocycles. The Morgan fingerprint density at radius 1 is 1.05 bits per heavy atom. The summed E-state index contributed by atoms with van der Waals surface area (Å²) in [5, 5.41) is 0. The second kappa shape index (κ2) is 6.20. The fourth-order valence-electron chi connectivity index (χ4n) is 2.27. The zero-order valence-corrected chi connectivity index (χ0v) is 12.2. The predicted octanol–water partition coefficient (Wildman–Crippen LogP) is 3.14. The molecule has 0 aliphatic heterocycles. The van der Waals surface area contributed by atoms with E-state index in [-0.39, 0.29) is 11.1 Å². The fourth-order valence-corrected chi connectivity index (χ4v) is 2.27. The molecule has 2 rings (SSSR count). The Hall–Kier alpha value is -1.98. The summed E-state index contributed by atoms with van der Waals surface area (Å²) in [5.41, 5.74) is 4.60. The molecule has 0 spiro atoms. The lowest BCUT2D eigenvalue weighted by molar-refractivity contribution is 0.410. The van der Waals surface area contributed by atoms with Crippen LogP contribution in [0.1, 0.15) is 28.3 Å². The monoisotopic (exact) mass is 292 g/mol. The highest BCUT2D eigenvalue weighted by atomic mass is 19.2. The Morgan fingerprint density at radius 2 is 1.71 bits per heavy atom. The molecule has 3 nitrogen and oxygen atoms in total. The van der Waals surface area contributed by atoms with E-state index in [1.54, 1.807) is 19.2 Å². The van der Waals surface area contributed by atoms with Crippen LogP contribution in [0.3, 0.4) is 0 Å². The van der Waals surface area contributed by atoms with Crippen LogP contribution in [0.5, 0.6) is 5.75 Å². The molecule has 0 aliphatic rings. The number of nitrogens with one attached hydrogen (secondary N) is 1. The van der Waals surface area contributed by atoms with Crippen molar-refractivity contribution >= 4 is 0 Å². The SMILES string of the molecule is COc1cc(C(NN)c2ccc(C)c(F)c2F)ccc1C. The molecule has 0 saturated heterocycles. The van der Waals surface area contributed by atoms with Gasteiger partial charge in [-0.25, -0.2) is 14.2 Å². The molecule has 112 valence electrons. The maximum absolute atomic E-state index is 14.1. The van der Waals surface area contributed by atoms with Gasteiger partial charge in [0.15, 0.2) is 11.6 Å². The summed E-state index contributed by atoms with van der Waals surface area (Å²) in [7, 11) is 1.56. The number of halogens is 2. The van der Waals surface area contributed by atoms with Crippen LogP contribution in [0.4, 0.5) is 8.78 Å². The zero-order chi connectivity index (χ0) is 15.6. The van der Waals surface area contributed by atoms with Crippen LogP contribution >= 0.6 is 0 Å². The fraction of sp³-hybridized carbons (Fsp3) is 0.250. The van der Waals surface area contributed by atoms with Gasteiger partial charge in [0.05, 0.1) is 13.2 Å². The molecule has 1 unspecified atom stereocenters. The molecule has 2 aromatic carbocycles. The molecule has 0 bridgehead atoms. The summed E-state index contributed by atoms with van der Waals surface area (Å²) in [6, 6.07) is 7.82. The van der Waals surface area contributed by atoms with Crippen molar-refractivity contribution in [2.24, 2.45) is 5.84 Å². The van der Waals surface area contributed by atoms with Crippen molar-refractivity contribution in [3.05, 3.63) is 64.2 Å². The highest BCUT2D eigenvalue weighted by Crippen LogP contribution is 2.29. The standard InChI is InChI=1S/C16H18F2N2O/c1-9-4-6-11(8-13(9)21-3)16(20-19)12-7-5-10(2)14(17)15(12)18/h4-8,16,20H,19H2,1-3H3. The third kappa shape index (κ3) is 2.89. The van der Waals surface area contributed by atoms with Gasteiger partial charge in [0.2, 0.25) is 0 Å². The van der Waals surface area contributed by atoms with E-state index >= 15 is 0 Å². The van der Waals surface area contributed by atoms with Crippen LogP contribution in [0.15, 0.2) is 30.3 Å². The van der Waals surface area contributed by atoms with E-state index < -0.39 is 17.7 Å². The van der Waals surface area contributed by atoms with Gasteiger partial charge in [0, 0.05) is 5.56 Å². The van der Waals surface area contributed by atoms with Crippen molar-refractivity contribution in [1.29, 1.82) is 0 Å². The molecule has 21 heavy (non-hydrogen) atoms. The molecule has 5 heteroatoms. The van der Waals surface area contributed by atoms with Crippen molar-refractivity contribution in [1.82, 2.24) is 5.43 Å². The highest BCUT2D eigenvalue weighted by Gasteiger charge is 2.21. The van der Waals surface area contributed by atoms with E-state index in [0.717, 1.165) is 5.56 Å². The molecule has 0 radical (unpaired) electrons. The number of hydrogen-bond donors (Lipinski definition) is 2. The lowest BCUT2D eigenvalue weighted by Gasteiger charge is -2.19. The molecule has 0 aliphatic carbocycles. The summed E-state index contributed by atoms with van der Waals surface area (Å²) in [6.45, 7) is 3.42. The number of ether oxygens (including phenoxy) is 1. The van der Waals surface area contributed by atoms with E-state index in [9.17, 15) is 8.78 Å². The van der Waals surface area contributed by atoms with Gasteiger partial charge in [-0.05, 0) is 36.6 Å². The Balaban J connectivity index is 2.52. The van der Waals surface area contributed by atoms with Crippen LogP contribution in [0, 0.1) is 25.5 Å². The van der Waals surface area contributed by atoms with Crippen molar-refractivity contribution in [2.75, 3.05) is 7.11 Å². The number of benzene rings is 2. The van der Waals surface area contributed by atoms with Gasteiger partial charge >= 0.3 is 0 Å². The molecular weight excluding hydrogens is 274 g/mol. The van der Waals surface area contributed by atoms with Crippen molar-refractivity contribution in [3.63, 3.8) is 0 Å². The van der Waals surface area contributed by atoms with Crippen molar-refractivity contribution < 1.29 is 13.5 Å². The average molecular weight is 292 g/mol. The summed E-state index contributed by atoms with van der Waals surface area (Å²) in [6.07, 6.45) is 0. The topological polar surface area (TPSA) is 47.3 Å². The molecule has 0 fully saturated rings. The molecule has 3 N–H and O–H groups in total. The van der Waals surface area contributed by atoms with Gasteiger partial charge < -0.3 is 4.74 Å². The van der Waals surface area contributed by atoms with Crippen LogP contribution < -0.4 is 16.0 Å². The number of rotatable bonds is 4. The number of aryl methyl sites for hydroxylation is 2. The normalized spacial score (nSPS) is 12.3. The van der Waals surface area contributed by atoms with E-state index in [1.165, 1.54) is 19.1 Å². The van der Waals surface area contributed by atoms with Crippen LogP contribution in [-0.4, -0.2) is 7.11 Å². The summed E-state index contributed by atoms with van der Waals surface area (Å²) < 4.78 is 33.1. The minimum absolute atomic E-state index is 0.159. The smallest absolute Gasteiger partial charge is 0.164 e. The molecule has 0 aromatic heterocycles. The Kier molecular flexibility index (Phi) is 4.55. The molecule has 1 atom stereocenters. The van der Waals surface area contributed by atoms with Gasteiger partial charge in [-0.2, -0.15) is 0 Å². The van der Waals surface area contributed by atoms with E-state index in [0.29, 0.717) is 11.3 Å². The maximum Gasteiger partial charge on any atom is 0.164 e. The van der Waals surface area contributed by atoms with E-state index in [2.05, 4.69) is 5.43 Å². The highest BCUT2D eigenvalue weighted by molar-refractivity contribution is 5.42. The van der Waals surface area contributed by atoms with Gasteiger partial charge in [-0.15, -0.1) is 0 Å². The molecule has 2 aromatic rings. The first-order valence-corrected chi connectivity index (χ1v) is 6.54. The minimum atomic E-state index is -0.891. The average Bonchev–Trinajstić information content (AvgIpc) is 2.49. The number of hydrazine groups is 1. The maximum atomic E-state index is 14.1. The van der Waals surface area contributed by atoms with Crippen LogP contribution in [0.25, 0.3) is 0 Å². The third-order valence-corrected chi connectivity index (χ3v) is 3.55. The molecule has 0 amide bonds. The van der Waals surface area contributed by atoms with Gasteiger partial charge in [0.1, 0.15) is 5.75 Å². The van der Waals surface area contributed by atoms with Gasteiger partial charge in [0.25, 0.3) is 0 Å². The number of hydrogen-bond acceptors (Lipinski definition) is 3. The second-order valence-electron chi connectivity index (χ2n) is 4.93. The third-order valence-electron chi connectivity index (χ3n) is 3.55. The largest absolute Gasteiger partial charge is 0.496 e. The molecular formula is C16H18F2N2O. The minimum Gasteiger partial charge on any atom is -0.496 e. The van der Waals surface area contributed by atoms with Crippen LogP contribution in [0.2, 0.25) is 0 Å². The second-order valence-corrected chi connectivity index (χ2v) is 4.93. The first-order chi connectivity index (χ1) is 9.99. The quantitative estimate of drug-likeness (QED) is 0.672. The Bertz CT molecular complexity index is 659. The summed E-state index contributed by atoms with van der Waals surface area (Å²) >= 11 is 0. The Morgan fingerprint density at radius 3 is 2.33 bits per heavy atom. The lowest BCUT2D eigenvalue weighted by Crippen LogP contribution is -2.30. The molecule has 0 heterocycles. The first-order valence-electron chi connectivity index (χ1n) is 6.54. The summed E-state index contributed by atoms with van der Waals surface area (Å²) in [5.74, 6) is 4.46. The van der Waals surface area contributed by atoms with Crippen molar-refractivity contribution in [2.45, 2.75) is 19.9 Å². The Labute approximate surface area is 122 Å². The first kappa shape index (κ1) is 15.4.